The van der Waals surface area contributed by atoms with Crippen LogP contribution in [0.25, 0.3) is 16.8 Å². The normalized spacial score (nSPS) is 19.3. The van der Waals surface area contributed by atoms with Gasteiger partial charge in [-0.2, -0.15) is 0 Å². The number of fused-ring (bicyclic) bond motifs is 2. The molecule has 1 unspecified atom stereocenters. The molecule has 2 aromatic heterocycles. The van der Waals surface area contributed by atoms with E-state index in [-0.39, 0.29) is 23.0 Å². The number of aromatic nitrogens is 2. The number of hydrogen-bond acceptors (Lipinski definition) is 6. The Kier molecular flexibility index (Phi) is 4.13. The molecule has 0 radical (unpaired) electrons. The van der Waals surface area contributed by atoms with E-state index >= 15 is 0 Å². The number of nitrogens with zero attached hydrogens (tertiary/aromatic N) is 2. The number of rotatable bonds is 3. The predicted molar refractivity (Wildman–Crippen MR) is 115 cm³/mol. The molecular formula is C24H16FN3O5. The average Bonchev–Trinajstić information content (AvgIpc) is 3.59. The summed E-state index contributed by atoms with van der Waals surface area (Å²) in [7, 11) is 0. The zero-order valence-corrected chi connectivity index (χ0v) is 17.0. The highest BCUT2D eigenvalue weighted by molar-refractivity contribution is 6.51. The Hall–Kier alpha value is -4.40. The number of anilines is 1. The molecule has 2 N–H and O–H groups in total. The Morgan fingerprint density at radius 2 is 2.06 bits per heavy atom. The number of ketones is 1. The van der Waals surface area contributed by atoms with Crippen LogP contribution >= 0.6 is 0 Å². The lowest BCUT2D eigenvalue weighted by molar-refractivity contribution is -0.132. The summed E-state index contributed by atoms with van der Waals surface area (Å²) in [6.07, 6.45) is 2.10. The highest BCUT2D eigenvalue weighted by Crippen LogP contribution is 2.42. The Balaban J connectivity index is 1.53. The quantitative estimate of drug-likeness (QED) is 0.282. The summed E-state index contributed by atoms with van der Waals surface area (Å²) in [6, 6.07) is 11.2. The number of carbonyl (C=O) groups excluding carboxylic acids is 2. The Labute approximate surface area is 185 Å². The number of aliphatic hydroxyl groups excluding tert-OH is 1. The molecule has 4 aromatic rings. The standard InChI is InChI=1S/C24H16FN3O5/c25-14-4-5-15-16(11-14)27-24(26-15)28-20(18-2-1-8-32-18)19(22(30)23(28)31)21(29)13-3-6-17-12(10-13)7-9-33-17/h1-6,8,10-11,20,29H,7,9H2,(H,26,27)/b21-19+. The van der Waals surface area contributed by atoms with Gasteiger partial charge in [-0.1, -0.05) is 0 Å². The molecule has 1 amide bonds. The first-order valence-electron chi connectivity index (χ1n) is 10.3. The van der Waals surface area contributed by atoms with Crippen molar-refractivity contribution < 1.29 is 28.2 Å². The van der Waals surface area contributed by atoms with Gasteiger partial charge >= 0.3 is 5.91 Å². The van der Waals surface area contributed by atoms with Crippen molar-refractivity contribution in [2.45, 2.75) is 12.5 Å². The molecular weight excluding hydrogens is 429 g/mol. The lowest BCUT2D eigenvalue weighted by Gasteiger charge is -2.20. The Morgan fingerprint density at radius 1 is 1.18 bits per heavy atom. The summed E-state index contributed by atoms with van der Waals surface area (Å²) >= 11 is 0. The van der Waals surface area contributed by atoms with Gasteiger partial charge in [-0.25, -0.2) is 9.37 Å². The summed E-state index contributed by atoms with van der Waals surface area (Å²) in [5.74, 6) is -1.52. The number of amides is 1. The van der Waals surface area contributed by atoms with Gasteiger partial charge in [0.15, 0.2) is 0 Å². The highest BCUT2D eigenvalue weighted by Gasteiger charge is 2.49. The minimum Gasteiger partial charge on any atom is -0.507 e. The zero-order valence-electron chi connectivity index (χ0n) is 17.0. The fourth-order valence-electron chi connectivity index (χ4n) is 4.34. The molecule has 1 saturated heterocycles. The first-order chi connectivity index (χ1) is 16.0. The number of benzene rings is 2. The molecule has 164 valence electrons. The minimum absolute atomic E-state index is 0.0421. The number of imidazole rings is 1. The molecule has 0 spiro atoms. The number of H-pyrrole nitrogens is 1. The van der Waals surface area contributed by atoms with Crippen molar-refractivity contribution in [3.63, 3.8) is 0 Å². The maximum atomic E-state index is 13.7. The monoisotopic (exact) mass is 445 g/mol. The van der Waals surface area contributed by atoms with E-state index in [2.05, 4.69) is 9.97 Å². The molecule has 33 heavy (non-hydrogen) atoms. The van der Waals surface area contributed by atoms with E-state index in [1.165, 1.54) is 24.5 Å². The van der Waals surface area contributed by atoms with Crippen LogP contribution in [0.5, 0.6) is 5.75 Å². The number of halogens is 1. The SMILES string of the molecule is O=C1C(=O)N(c2nc3ccc(F)cc3[nH]2)C(c2ccco2)/C1=C(\O)c1ccc2c(c1)CCO2. The van der Waals surface area contributed by atoms with Gasteiger partial charge in [-0.05, 0) is 54.1 Å². The minimum atomic E-state index is -1.06. The fraction of sp³-hybridized carbons (Fsp3) is 0.125. The Morgan fingerprint density at radius 3 is 2.88 bits per heavy atom. The smallest absolute Gasteiger partial charge is 0.302 e. The van der Waals surface area contributed by atoms with E-state index in [1.807, 2.05) is 0 Å². The van der Waals surface area contributed by atoms with Gasteiger partial charge in [0.25, 0.3) is 5.78 Å². The molecule has 2 aliphatic rings. The molecule has 2 aromatic carbocycles. The molecule has 1 fully saturated rings. The number of nitrogens with one attached hydrogen (secondary N) is 1. The van der Waals surface area contributed by atoms with Crippen molar-refractivity contribution in [2.24, 2.45) is 0 Å². The van der Waals surface area contributed by atoms with Crippen LogP contribution in [-0.4, -0.2) is 33.4 Å². The Bertz CT molecular complexity index is 1470. The largest absolute Gasteiger partial charge is 0.507 e. The van der Waals surface area contributed by atoms with Crippen LogP contribution in [0.4, 0.5) is 10.3 Å². The number of ether oxygens (including phenoxy) is 1. The van der Waals surface area contributed by atoms with Crippen LogP contribution in [0.2, 0.25) is 0 Å². The van der Waals surface area contributed by atoms with E-state index in [0.717, 1.165) is 16.2 Å². The third kappa shape index (κ3) is 2.93. The number of aliphatic hydroxyl groups is 1. The van der Waals surface area contributed by atoms with Crippen molar-refractivity contribution in [1.82, 2.24) is 9.97 Å². The number of furan rings is 1. The number of Topliss-reactive ketones (excluding diaryl/α,β-unsaturated/α-hetero) is 1. The van der Waals surface area contributed by atoms with Gasteiger partial charge < -0.3 is 19.2 Å². The second kappa shape index (κ2) is 7.06. The van der Waals surface area contributed by atoms with Gasteiger partial charge in [0.05, 0.1) is 29.5 Å². The predicted octanol–water partition coefficient (Wildman–Crippen LogP) is 3.86. The second-order valence-electron chi connectivity index (χ2n) is 7.83. The zero-order chi connectivity index (χ0) is 22.7. The summed E-state index contributed by atoms with van der Waals surface area (Å²) in [6.45, 7) is 0.545. The lowest BCUT2D eigenvalue weighted by atomic mass is 9.98. The fourth-order valence-corrected chi connectivity index (χ4v) is 4.34. The third-order valence-electron chi connectivity index (χ3n) is 5.88. The van der Waals surface area contributed by atoms with E-state index < -0.39 is 23.5 Å². The maximum absolute atomic E-state index is 13.7. The van der Waals surface area contributed by atoms with Crippen molar-refractivity contribution in [3.05, 3.63) is 83.1 Å². The highest BCUT2D eigenvalue weighted by atomic mass is 19.1. The van der Waals surface area contributed by atoms with Gasteiger partial charge in [-0.3, -0.25) is 14.5 Å². The van der Waals surface area contributed by atoms with E-state index in [0.29, 0.717) is 29.6 Å². The van der Waals surface area contributed by atoms with E-state index in [9.17, 15) is 19.1 Å². The topological polar surface area (TPSA) is 109 Å². The van der Waals surface area contributed by atoms with Crippen molar-refractivity contribution in [3.8, 4) is 5.75 Å². The number of carbonyl (C=O) groups is 2. The van der Waals surface area contributed by atoms with Gasteiger partial charge in [0, 0.05) is 12.0 Å². The molecule has 9 heteroatoms. The van der Waals surface area contributed by atoms with Gasteiger partial charge in [0.1, 0.15) is 29.1 Å². The summed E-state index contributed by atoms with van der Waals surface area (Å²) in [5.41, 5.74) is 1.96. The van der Waals surface area contributed by atoms with Crippen molar-refractivity contribution in [2.75, 3.05) is 11.5 Å². The van der Waals surface area contributed by atoms with Crippen molar-refractivity contribution >= 4 is 34.4 Å². The van der Waals surface area contributed by atoms with Gasteiger partial charge in [-0.15, -0.1) is 0 Å². The summed E-state index contributed by atoms with van der Waals surface area (Å²) < 4.78 is 24.7. The van der Waals surface area contributed by atoms with Crippen LogP contribution in [-0.2, 0) is 16.0 Å². The van der Waals surface area contributed by atoms with Crippen LogP contribution in [0.1, 0.15) is 22.9 Å². The average molecular weight is 445 g/mol. The number of aromatic amines is 1. The second-order valence-corrected chi connectivity index (χ2v) is 7.83. The molecule has 0 aliphatic carbocycles. The molecule has 2 aliphatic heterocycles. The first-order valence-corrected chi connectivity index (χ1v) is 10.3. The molecule has 1 atom stereocenters. The number of hydrogen-bond donors (Lipinski definition) is 2. The van der Waals surface area contributed by atoms with Crippen molar-refractivity contribution in [1.29, 1.82) is 0 Å². The third-order valence-corrected chi connectivity index (χ3v) is 5.88. The van der Waals surface area contributed by atoms with E-state index in [4.69, 9.17) is 9.15 Å². The summed E-state index contributed by atoms with van der Waals surface area (Å²) in [4.78, 5) is 34.6. The van der Waals surface area contributed by atoms with Crippen LogP contribution in [0.15, 0.2) is 64.8 Å². The van der Waals surface area contributed by atoms with Gasteiger partial charge in [0.2, 0.25) is 5.95 Å². The molecule has 8 nitrogen and oxygen atoms in total. The molecule has 4 heterocycles. The molecule has 0 bridgehead atoms. The first kappa shape index (κ1) is 19.3. The lowest BCUT2D eigenvalue weighted by Crippen LogP contribution is -2.30. The molecule has 0 saturated carbocycles. The van der Waals surface area contributed by atoms with Crippen LogP contribution in [0.3, 0.4) is 0 Å². The molecule has 6 rings (SSSR count). The van der Waals surface area contributed by atoms with E-state index in [1.54, 1.807) is 30.3 Å². The maximum Gasteiger partial charge on any atom is 0.302 e. The van der Waals surface area contributed by atoms with Crippen LogP contribution < -0.4 is 9.64 Å². The summed E-state index contributed by atoms with van der Waals surface area (Å²) in [5, 5.41) is 11.2. The van der Waals surface area contributed by atoms with Crippen LogP contribution in [0, 0.1) is 5.82 Å².